The monoisotopic (exact) mass is 390 g/mol. The molecule has 7 heteroatoms. The molecule has 1 N–H and O–H groups in total. The smallest absolute Gasteiger partial charge is 0.277 e. The van der Waals surface area contributed by atoms with Gasteiger partial charge in [-0.05, 0) is 52.7 Å². The lowest BCUT2D eigenvalue weighted by Crippen LogP contribution is -2.24. The first kappa shape index (κ1) is 16.3. The maximum absolute atomic E-state index is 11.8. The Hall–Kier alpha value is -2.54. The van der Waals surface area contributed by atoms with Gasteiger partial charge in [0.1, 0.15) is 5.75 Å². The summed E-state index contributed by atoms with van der Waals surface area (Å²) in [4.78, 5) is 11.8. The molecule has 0 spiro atoms. The summed E-state index contributed by atoms with van der Waals surface area (Å²) >= 11 is 3.42. The number of halogens is 1. The second-order valence-corrected chi connectivity index (χ2v) is 5.98. The van der Waals surface area contributed by atoms with Crippen molar-refractivity contribution >= 4 is 28.1 Å². The van der Waals surface area contributed by atoms with Crippen LogP contribution >= 0.6 is 15.9 Å². The lowest BCUT2D eigenvalue weighted by molar-refractivity contribution is -0.123. The Bertz CT molecular complexity index is 792. The van der Waals surface area contributed by atoms with Crippen LogP contribution in [-0.4, -0.2) is 25.5 Å². The van der Waals surface area contributed by atoms with Gasteiger partial charge in [-0.15, -0.1) is 0 Å². The number of carbonyl (C=O) groups excluding carboxylic acids is 1. The van der Waals surface area contributed by atoms with Gasteiger partial charge in [-0.25, -0.2) is 5.43 Å². The summed E-state index contributed by atoms with van der Waals surface area (Å²) < 4.78 is 16.8. The van der Waals surface area contributed by atoms with Crippen LogP contribution in [0.15, 0.2) is 46.0 Å². The molecule has 0 radical (unpaired) electrons. The fourth-order valence-corrected chi connectivity index (χ4v) is 2.52. The zero-order chi connectivity index (χ0) is 16.9. The van der Waals surface area contributed by atoms with E-state index in [1.54, 1.807) is 18.2 Å². The van der Waals surface area contributed by atoms with Crippen LogP contribution in [0.1, 0.15) is 11.1 Å². The quantitative estimate of drug-likeness (QED) is 0.629. The first-order chi connectivity index (χ1) is 11.6. The number of ether oxygens (including phenoxy) is 3. The second-order valence-electron chi connectivity index (χ2n) is 5.13. The molecule has 0 bridgehead atoms. The Morgan fingerprint density at radius 1 is 1.33 bits per heavy atom. The van der Waals surface area contributed by atoms with Gasteiger partial charge in [0.05, 0.1) is 6.21 Å². The predicted octanol–water partition coefficient (Wildman–Crippen LogP) is 3.02. The topological polar surface area (TPSA) is 69.2 Å². The van der Waals surface area contributed by atoms with E-state index in [-0.39, 0.29) is 19.3 Å². The van der Waals surface area contributed by atoms with E-state index in [0.717, 1.165) is 15.6 Å². The second kappa shape index (κ2) is 7.35. The van der Waals surface area contributed by atoms with Gasteiger partial charge < -0.3 is 14.2 Å². The zero-order valence-electron chi connectivity index (χ0n) is 12.9. The normalized spacial score (nSPS) is 12.4. The molecule has 0 fully saturated rings. The minimum atomic E-state index is -0.343. The molecular formula is C17H15BrN2O4. The van der Waals surface area contributed by atoms with Crippen molar-refractivity contribution in [2.75, 3.05) is 13.4 Å². The lowest BCUT2D eigenvalue weighted by Gasteiger charge is -2.05. The molecule has 0 atom stereocenters. The van der Waals surface area contributed by atoms with Crippen molar-refractivity contribution in [3.8, 4) is 17.2 Å². The third kappa shape index (κ3) is 4.05. The molecule has 6 nitrogen and oxygen atoms in total. The number of fused-ring (bicyclic) bond motifs is 1. The average Bonchev–Trinajstić information content (AvgIpc) is 3.00. The van der Waals surface area contributed by atoms with Crippen molar-refractivity contribution in [1.82, 2.24) is 5.43 Å². The van der Waals surface area contributed by atoms with E-state index >= 15 is 0 Å². The number of nitrogens with zero attached hydrogens (tertiary/aromatic N) is 1. The van der Waals surface area contributed by atoms with E-state index < -0.39 is 0 Å². The molecule has 0 aromatic heterocycles. The molecule has 1 amide bonds. The molecule has 1 aliphatic rings. The molecule has 3 rings (SSSR count). The summed E-state index contributed by atoms with van der Waals surface area (Å²) in [6.07, 6.45) is 1.52. The lowest BCUT2D eigenvalue weighted by atomic mass is 10.2. The molecular weight excluding hydrogens is 376 g/mol. The van der Waals surface area contributed by atoms with Crippen LogP contribution in [0, 0.1) is 6.92 Å². The Kier molecular flexibility index (Phi) is 5.00. The minimum absolute atomic E-state index is 0.108. The molecule has 1 heterocycles. The van der Waals surface area contributed by atoms with E-state index in [0.29, 0.717) is 17.2 Å². The fraction of sp³-hybridized carbons (Fsp3) is 0.176. The summed E-state index contributed by atoms with van der Waals surface area (Å²) in [7, 11) is 0. The largest absolute Gasteiger partial charge is 0.484 e. The molecule has 2 aromatic carbocycles. The standard InChI is InChI=1S/C17H15BrN2O4/c1-11-3-2-4-13(5-11)22-9-17(21)20-19-8-12-6-15-16(7-14(12)18)24-10-23-15/h2-8H,9-10H2,1H3,(H,20,21)/b19-8+. The van der Waals surface area contributed by atoms with Gasteiger partial charge in [-0.3, -0.25) is 4.79 Å². The van der Waals surface area contributed by atoms with Crippen LogP contribution in [0.3, 0.4) is 0 Å². The maximum atomic E-state index is 11.8. The number of aryl methyl sites for hydroxylation is 1. The number of carbonyl (C=O) groups is 1. The Morgan fingerprint density at radius 3 is 2.92 bits per heavy atom. The molecule has 2 aromatic rings. The molecule has 1 aliphatic heterocycles. The van der Waals surface area contributed by atoms with Crippen LogP contribution in [0.25, 0.3) is 0 Å². The molecule has 24 heavy (non-hydrogen) atoms. The summed E-state index contributed by atoms with van der Waals surface area (Å²) in [6, 6.07) is 11.1. The van der Waals surface area contributed by atoms with Crippen LogP contribution in [0.5, 0.6) is 17.2 Å². The number of rotatable bonds is 5. The number of benzene rings is 2. The summed E-state index contributed by atoms with van der Waals surface area (Å²) in [5, 5.41) is 3.93. The SMILES string of the molecule is Cc1cccc(OCC(=O)N/N=C/c2cc3c(cc2Br)OCO3)c1. The molecule has 0 aliphatic carbocycles. The Morgan fingerprint density at radius 2 is 2.12 bits per heavy atom. The van der Waals surface area contributed by atoms with Gasteiger partial charge in [0.2, 0.25) is 6.79 Å². The Balaban J connectivity index is 1.53. The summed E-state index contributed by atoms with van der Waals surface area (Å²) in [6.45, 7) is 2.05. The third-order valence-corrected chi connectivity index (χ3v) is 3.93. The highest BCUT2D eigenvalue weighted by Crippen LogP contribution is 2.36. The number of hydrogen-bond acceptors (Lipinski definition) is 5. The average molecular weight is 391 g/mol. The van der Waals surface area contributed by atoms with Crippen molar-refractivity contribution < 1.29 is 19.0 Å². The highest BCUT2D eigenvalue weighted by atomic mass is 79.9. The van der Waals surface area contributed by atoms with Gasteiger partial charge in [0.25, 0.3) is 5.91 Å². The van der Waals surface area contributed by atoms with E-state index in [1.165, 1.54) is 6.21 Å². The van der Waals surface area contributed by atoms with Crippen LogP contribution in [0.4, 0.5) is 0 Å². The number of nitrogens with one attached hydrogen (secondary N) is 1. The summed E-state index contributed by atoms with van der Waals surface area (Å²) in [5.74, 6) is 1.63. The van der Waals surface area contributed by atoms with Crippen molar-refractivity contribution in [3.63, 3.8) is 0 Å². The van der Waals surface area contributed by atoms with E-state index in [2.05, 4.69) is 26.5 Å². The van der Waals surface area contributed by atoms with E-state index in [9.17, 15) is 4.79 Å². The molecule has 0 saturated carbocycles. The van der Waals surface area contributed by atoms with Crippen molar-refractivity contribution in [3.05, 3.63) is 52.0 Å². The predicted molar refractivity (Wildman–Crippen MR) is 92.7 cm³/mol. The minimum Gasteiger partial charge on any atom is -0.484 e. The number of hydrazone groups is 1. The van der Waals surface area contributed by atoms with Gasteiger partial charge in [-0.1, -0.05) is 12.1 Å². The molecule has 0 unspecified atom stereocenters. The highest BCUT2D eigenvalue weighted by Gasteiger charge is 2.15. The third-order valence-electron chi connectivity index (χ3n) is 3.24. The van der Waals surface area contributed by atoms with Crippen LogP contribution in [-0.2, 0) is 4.79 Å². The van der Waals surface area contributed by atoms with Crippen molar-refractivity contribution in [1.29, 1.82) is 0 Å². The molecule has 0 saturated heterocycles. The summed E-state index contributed by atoms with van der Waals surface area (Å²) in [5.41, 5.74) is 4.25. The zero-order valence-corrected chi connectivity index (χ0v) is 14.5. The van der Waals surface area contributed by atoms with Gasteiger partial charge in [0, 0.05) is 10.0 Å². The highest BCUT2D eigenvalue weighted by molar-refractivity contribution is 9.10. The first-order valence-electron chi connectivity index (χ1n) is 7.22. The van der Waals surface area contributed by atoms with Crippen molar-refractivity contribution in [2.45, 2.75) is 6.92 Å². The molecule has 124 valence electrons. The van der Waals surface area contributed by atoms with Gasteiger partial charge in [0.15, 0.2) is 18.1 Å². The van der Waals surface area contributed by atoms with Crippen molar-refractivity contribution in [2.24, 2.45) is 5.10 Å². The number of hydrogen-bond donors (Lipinski definition) is 1. The van der Waals surface area contributed by atoms with Gasteiger partial charge >= 0.3 is 0 Å². The Labute approximate surface area is 147 Å². The maximum Gasteiger partial charge on any atom is 0.277 e. The van der Waals surface area contributed by atoms with Crippen LogP contribution in [0.2, 0.25) is 0 Å². The number of amides is 1. The first-order valence-corrected chi connectivity index (χ1v) is 8.01. The van der Waals surface area contributed by atoms with E-state index in [1.807, 2.05) is 25.1 Å². The fourth-order valence-electron chi connectivity index (χ4n) is 2.09. The van der Waals surface area contributed by atoms with E-state index in [4.69, 9.17) is 14.2 Å². The van der Waals surface area contributed by atoms with Crippen LogP contribution < -0.4 is 19.6 Å². The van der Waals surface area contributed by atoms with Gasteiger partial charge in [-0.2, -0.15) is 5.10 Å².